The van der Waals surface area contributed by atoms with E-state index in [9.17, 15) is 13.0 Å². The van der Waals surface area contributed by atoms with E-state index in [0.29, 0.717) is 49.7 Å². The molecule has 0 fully saturated rings. The molecule has 1 aliphatic heterocycles. The lowest BCUT2D eigenvalue weighted by Crippen LogP contribution is -2.33. The van der Waals surface area contributed by atoms with Gasteiger partial charge in [-0.2, -0.15) is 8.42 Å². The summed E-state index contributed by atoms with van der Waals surface area (Å²) in [5.41, 5.74) is 3.62. The summed E-state index contributed by atoms with van der Waals surface area (Å²) < 4.78 is 50.6. The van der Waals surface area contributed by atoms with E-state index in [-0.39, 0.29) is 11.0 Å². The third kappa shape index (κ3) is 5.68. The Balaban J connectivity index is 1.38. The number of hydrogen-bond acceptors (Lipinski definition) is 5. The Labute approximate surface area is 188 Å². The number of aryl methyl sites for hydroxylation is 3. The van der Waals surface area contributed by atoms with Gasteiger partial charge in [0.2, 0.25) is 0 Å². The fraction of sp³-hybridized carbons (Fsp3) is 0.280. The fourth-order valence-corrected chi connectivity index (χ4v) is 4.45. The van der Waals surface area contributed by atoms with Crippen molar-refractivity contribution in [1.82, 2.24) is 0 Å². The Morgan fingerprint density at radius 1 is 0.969 bits per heavy atom. The molecule has 0 amide bonds. The van der Waals surface area contributed by atoms with Gasteiger partial charge in [-0.15, -0.1) is 0 Å². The summed E-state index contributed by atoms with van der Waals surface area (Å²) in [6.45, 7) is 3.24. The fourth-order valence-electron chi connectivity index (χ4n) is 3.71. The second kappa shape index (κ2) is 9.73. The molecule has 0 aliphatic carbocycles. The van der Waals surface area contributed by atoms with Crippen LogP contribution in [0.2, 0.25) is 0 Å². The van der Waals surface area contributed by atoms with E-state index in [1.807, 2.05) is 55.5 Å². The highest BCUT2D eigenvalue weighted by molar-refractivity contribution is 7.85. The van der Waals surface area contributed by atoms with E-state index in [1.165, 1.54) is 6.07 Å². The first kappa shape index (κ1) is 22.3. The van der Waals surface area contributed by atoms with E-state index >= 15 is 0 Å². The monoisotopic (exact) mass is 454 g/mol. The molecule has 1 aliphatic rings. The molecule has 0 saturated heterocycles. The smallest absolute Gasteiger partial charge is 0.294 e. The maximum Gasteiger partial charge on any atom is 0.294 e. The molecule has 32 heavy (non-hydrogen) atoms. The molecule has 1 heterocycles. The Morgan fingerprint density at radius 2 is 1.78 bits per heavy atom. The van der Waals surface area contributed by atoms with Crippen molar-refractivity contribution in [3.05, 3.63) is 89.0 Å². The molecular formula is C25H26O6S. The van der Waals surface area contributed by atoms with Gasteiger partial charge >= 0.3 is 0 Å². The van der Waals surface area contributed by atoms with Crippen LogP contribution in [0.1, 0.15) is 22.3 Å². The van der Waals surface area contributed by atoms with Gasteiger partial charge in [0.05, 0.1) is 18.1 Å². The lowest BCUT2D eigenvalue weighted by Gasteiger charge is -2.27. The first-order valence-electron chi connectivity index (χ1n) is 10.5. The lowest BCUT2D eigenvalue weighted by molar-refractivity contribution is 0.00266. The highest BCUT2D eigenvalue weighted by Crippen LogP contribution is 2.33. The van der Waals surface area contributed by atoms with Gasteiger partial charge in [-0.3, -0.25) is 4.55 Å². The SMILES string of the molecule is Cc1ccc(S(=O)(=O)O)c(CCc2ccc3c(c2)O[C@@H](COCc2ccccc2)CO3)c1. The van der Waals surface area contributed by atoms with Crippen LogP contribution in [0.3, 0.4) is 0 Å². The van der Waals surface area contributed by atoms with Crippen LogP contribution in [-0.4, -0.2) is 32.3 Å². The first-order chi connectivity index (χ1) is 15.4. The van der Waals surface area contributed by atoms with Gasteiger partial charge in [0.1, 0.15) is 6.61 Å². The third-order valence-corrected chi connectivity index (χ3v) is 6.27. The van der Waals surface area contributed by atoms with Crippen molar-refractivity contribution in [3.63, 3.8) is 0 Å². The van der Waals surface area contributed by atoms with Crippen LogP contribution in [-0.2, 0) is 34.3 Å². The summed E-state index contributed by atoms with van der Waals surface area (Å²) in [5.74, 6) is 1.34. The van der Waals surface area contributed by atoms with E-state index in [0.717, 1.165) is 16.7 Å². The molecule has 7 heteroatoms. The maximum absolute atomic E-state index is 11.7. The summed E-state index contributed by atoms with van der Waals surface area (Å²) in [6, 6.07) is 20.6. The Hall–Kier alpha value is -2.87. The molecular weight excluding hydrogens is 428 g/mol. The average molecular weight is 455 g/mol. The van der Waals surface area contributed by atoms with Gasteiger partial charge in [-0.25, -0.2) is 0 Å². The quantitative estimate of drug-likeness (QED) is 0.509. The zero-order valence-electron chi connectivity index (χ0n) is 17.9. The number of ether oxygens (including phenoxy) is 3. The summed E-state index contributed by atoms with van der Waals surface area (Å²) in [4.78, 5) is -0.0451. The van der Waals surface area contributed by atoms with Crippen molar-refractivity contribution in [3.8, 4) is 11.5 Å². The van der Waals surface area contributed by atoms with Crippen LogP contribution in [0.25, 0.3) is 0 Å². The summed E-state index contributed by atoms with van der Waals surface area (Å²) in [5, 5.41) is 0. The predicted octanol–water partition coefficient (Wildman–Crippen LogP) is 4.38. The highest BCUT2D eigenvalue weighted by atomic mass is 32.2. The predicted molar refractivity (Wildman–Crippen MR) is 121 cm³/mol. The minimum Gasteiger partial charge on any atom is -0.486 e. The van der Waals surface area contributed by atoms with Gasteiger partial charge in [0.15, 0.2) is 17.6 Å². The van der Waals surface area contributed by atoms with Crippen LogP contribution in [0.4, 0.5) is 0 Å². The minimum atomic E-state index is -4.26. The lowest BCUT2D eigenvalue weighted by atomic mass is 10.0. The van der Waals surface area contributed by atoms with Crippen molar-refractivity contribution in [2.24, 2.45) is 0 Å². The van der Waals surface area contributed by atoms with E-state index < -0.39 is 10.1 Å². The summed E-state index contributed by atoms with van der Waals surface area (Å²) in [6.07, 6.45) is 0.863. The second-order valence-corrected chi connectivity index (χ2v) is 9.31. The number of rotatable bonds is 8. The molecule has 0 spiro atoms. The Morgan fingerprint density at radius 3 is 2.56 bits per heavy atom. The zero-order chi connectivity index (χ0) is 22.6. The molecule has 0 saturated carbocycles. The van der Waals surface area contributed by atoms with E-state index in [2.05, 4.69) is 0 Å². The molecule has 6 nitrogen and oxygen atoms in total. The van der Waals surface area contributed by atoms with E-state index in [1.54, 1.807) is 12.1 Å². The molecule has 4 rings (SSSR count). The highest BCUT2D eigenvalue weighted by Gasteiger charge is 2.22. The minimum absolute atomic E-state index is 0.0451. The molecule has 0 aromatic heterocycles. The van der Waals surface area contributed by atoms with Gasteiger partial charge in [0, 0.05) is 0 Å². The third-order valence-electron chi connectivity index (χ3n) is 5.32. The Bertz CT molecular complexity index is 1170. The molecule has 3 aromatic rings. The van der Waals surface area contributed by atoms with Crippen LogP contribution in [0, 0.1) is 6.92 Å². The molecule has 1 N–H and O–H groups in total. The molecule has 3 aromatic carbocycles. The number of benzene rings is 3. The molecule has 0 radical (unpaired) electrons. The zero-order valence-corrected chi connectivity index (χ0v) is 18.7. The normalized spacial score (nSPS) is 15.5. The van der Waals surface area contributed by atoms with Crippen LogP contribution in [0.5, 0.6) is 11.5 Å². The van der Waals surface area contributed by atoms with Crippen molar-refractivity contribution in [1.29, 1.82) is 0 Å². The maximum atomic E-state index is 11.7. The standard InChI is InChI=1S/C25H26O6S/c1-18-7-12-25(32(26,27)28)21(13-18)10-8-19-9-11-23-24(14-19)31-22(17-30-23)16-29-15-20-5-3-2-4-6-20/h2-7,9,11-14,22H,8,10,15-17H2,1H3,(H,26,27,28)/t22-/m0/s1. The average Bonchev–Trinajstić information content (AvgIpc) is 2.77. The van der Waals surface area contributed by atoms with E-state index in [4.69, 9.17) is 14.2 Å². The molecule has 1 atom stereocenters. The van der Waals surface area contributed by atoms with Gasteiger partial charge in [-0.05, 0) is 54.7 Å². The first-order valence-corrected chi connectivity index (χ1v) is 11.9. The van der Waals surface area contributed by atoms with Crippen molar-refractivity contribution in [2.75, 3.05) is 13.2 Å². The summed E-state index contributed by atoms with van der Waals surface area (Å²) in [7, 11) is -4.26. The van der Waals surface area contributed by atoms with Crippen molar-refractivity contribution in [2.45, 2.75) is 37.4 Å². The van der Waals surface area contributed by atoms with Crippen LogP contribution >= 0.6 is 0 Å². The van der Waals surface area contributed by atoms with Crippen LogP contribution in [0.15, 0.2) is 71.6 Å². The van der Waals surface area contributed by atoms with Gasteiger partial charge < -0.3 is 14.2 Å². The second-order valence-electron chi connectivity index (χ2n) is 7.92. The molecule has 168 valence electrons. The summed E-state index contributed by atoms with van der Waals surface area (Å²) >= 11 is 0. The van der Waals surface area contributed by atoms with Crippen LogP contribution < -0.4 is 9.47 Å². The Kier molecular flexibility index (Phi) is 6.79. The number of fused-ring (bicyclic) bond motifs is 1. The molecule has 0 bridgehead atoms. The largest absolute Gasteiger partial charge is 0.486 e. The number of hydrogen-bond donors (Lipinski definition) is 1. The topological polar surface area (TPSA) is 82.1 Å². The molecule has 0 unspecified atom stereocenters. The van der Waals surface area contributed by atoms with Gasteiger partial charge in [-0.1, -0.05) is 54.1 Å². The van der Waals surface area contributed by atoms with Crippen molar-refractivity contribution >= 4 is 10.1 Å². The van der Waals surface area contributed by atoms with Crippen molar-refractivity contribution < 1.29 is 27.2 Å². The van der Waals surface area contributed by atoms with Gasteiger partial charge in [0.25, 0.3) is 10.1 Å².